The fourth-order valence-electron chi connectivity index (χ4n) is 3.73. The maximum atomic E-state index is 11.1. The number of carboxylic acid groups (broad SMARTS) is 1. The molecular formula is C26H53N2O2+. The molecule has 0 fully saturated rings. The lowest BCUT2D eigenvalue weighted by molar-refractivity contribution is -0.904. The van der Waals surface area contributed by atoms with Gasteiger partial charge in [-0.1, -0.05) is 76.9 Å². The van der Waals surface area contributed by atoms with E-state index in [0.29, 0.717) is 4.48 Å². The molecule has 30 heavy (non-hydrogen) atoms. The van der Waals surface area contributed by atoms with Gasteiger partial charge in [0.2, 0.25) is 0 Å². The van der Waals surface area contributed by atoms with E-state index < -0.39 is 5.97 Å². The molecular weight excluding hydrogens is 372 g/mol. The SMILES string of the molecule is CCCCCCCC/C=C\CCCCCCCCNCCC[N+](C)(C)C(C)C(=O)O. The Bertz CT molecular complexity index is 421. The summed E-state index contributed by atoms with van der Waals surface area (Å²) in [6, 6.07) is -0.346. The van der Waals surface area contributed by atoms with Gasteiger partial charge >= 0.3 is 5.97 Å². The summed E-state index contributed by atoms with van der Waals surface area (Å²) in [6.07, 6.45) is 24.7. The van der Waals surface area contributed by atoms with Crippen molar-refractivity contribution < 1.29 is 14.4 Å². The van der Waals surface area contributed by atoms with Gasteiger partial charge in [-0.2, -0.15) is 0 Å². The summed E-state index contributed by atoms with van der Waals surface area (Å²) in [5, 5.41) is 12.7. The molecule has 178 valence electrons. The third kappa shape index (κ3) is 17.9. The van der Waals surface area contributed by atoms with Crippen LogP contribution in [0.2, 0.25) is 0 Å². The molecule has 4 heteroatoms. The number of rotatable bonds is 22. The number of hydrogen-bond donors (Lipinski definition) is 2. The van der Waals surface area contributed by atoms with E-state index in [1.54, 1.807) is 6.92 Å². The molecule has 1 unspecified atom stereocenters. The molecule has 2 N–H and O–H groups in total. The van der Waals surface area contributed by atoms with Crippen LogP contribution in [-0.2, 0) is 4.79 Å². The lowest BCUT2D eigenvalue weighted by atomic mass is 10.1. The number of allylic oxidation sites excluding steroid dienone is 2. The van der Waals surface area contributed by atoms with E-state index in [1.165, 1.54) is 89.9 Å². The van der Waals surface area contributed by atoms with Gasteiger partial charge in [-0.05, 0) is 45.6 Å². The van der Waals surface area contributed by atoms with Gasteiger partial charge in [0.25, 0.3) is 0 Å². The summed E-state index contributed by atoms with van der Waals surface area (Å²) in [5.41, 5.74) is 0. The van der Waals surface area contributed by atoms with E-state index in [2.05, 4.69) is 24.4 Å². The molecule has 0 bridgehead atoms. The van der Waals surface area contributed by atoms with E-state index in [1.807, 2.05) is 14.1 Å². The van der Waals surface area contributed by atoms with Crippen molar-refractivity contribution in [2.45, 2.75) is 116 Å². The Kier molecular flexibility index (Phi) is 19.5. The van der Waals surface area contributed by atoms with Gasteiger partial charge in [0.1, 0.15) is 0 Å². The zero-order valence-electron chi connectivity index (χ0n) is 20.8. The normalized spacial score (nSPS) is 13.2. The number of nitrogens with zero attached hydrogens (tertiary/aromatic N) is 1. The van der Waals surface area contributed by atoms with Crippen LogP contribution >= 0.6 is 0 Å². The highest BCUT2D eigenvalue weighted by Crippen LogP contribution is 2.10. The van der Waals surface area contributed by atoms with Crippen molar-refractivity contribution in [3.63, 3.8) is 0 Å². The second kappa shape index (κ2) is 20.1. The number of unbranched alkanes of at least 4 members (excludes halogenated alkanes) is 12. The summed E-state index contributed by atoms with van der Waals surface area (Å²) in [5.74, 6) is -0.711. The highest BCUT2D eigenvalue weighted by Gasteiger charge is 2.29. The van der Waals surface area contributed by atoms with Crippen LogP contribution < -0.4 is 5.32 Å². The molecule has 0 aliphatic heterocycles. The smallest absolute Gasteiger partial charge is 0.362 e. The quantitative estimate of drug-likeness (QED) is 0.117. The minimum absolute atomic E-state index is 0.346. The third-order valence-corrected chi connectivity index (χ3v) is 6.36. The van der Waals surface area contributed by atoms with Gasteiger partial charge in [0, 0.05) is 13.0 Å². The van der Waals surface area contributed by atoms with Crippen molar-refractivity contribution in [2.24, 2.45) is 0 Å². The first-order valence-corrected chi connectivity index (χ1v) is 12.8. The fraction of sp³-hybridized carbons (Fsp3) is 0.885. The molecule has 0 aliphatic carbocycles. The summed E-state index contributed by atoms with van der Waals surface area (Å²) >= 11 is 0. The van der Waals surface area contributed by atoms with Gasteiger partial charge in [-0.3, -0.25) is 0 Å². The number of quaternary nitrogens is 1. The monoisotopic (exact) mass is 425 g/mol. The average Bonchev–Trinajstić information content (AvgIpc) is 2.71. The second-order valence-corrected chi connectivity index (χ2v) is 9.56. The van der Waals surface area contributed by atoms with Crippen molar-refractivity contribution in [1.82, 2.24) is 5.32 Å². The van der Waals surface area contributed by atoms with Gasteiger partial charge in [-0.25, -0.2) is 4.79 Å². The predicted molar refractivity (Wildman–Crippen MR) is 131 cm³/mol. The average molecular weight is 426 g/mol. The largest absolute Gasteiger partial charge is 0.477 e. The minimum atomic E-state index is -0.711. The topological polar surface area (TPSA) is 49.3 Å². The van der Waals surface area contributed by atoms with Gasteiger partial charge in [0.15, 0.2) is 6.04 Å². The van der Waals surface area contributed by atoms with Crippen molar-refractivity contribution in [3.8, 4) is 0 Å². The molecule has 1 atom stereocenters. The first-order chi connectivity index (χ1) is 14.4. The molecule has 4 nitrogen and oxygen atoms in total. The zero-order chi connectivity index (χ0) is 22.5. The first-order valence-electron chi connectivity index (χ1n) is 12.8. The van der Waals surface area contributed by atoms with Gasteiger partial charge in [0.05, 0.1) is 20.6 Å². The number of aliphatic carboxylic acids is 1. The van der Waals surface area contributed by atoms with E-state index in [0.717, 1.165) is 26.1 Å². The molecule has 0 aromatic carbocycles. The highest BCUT2D eigenvalue weighted by atomic mass is 16.4. The third-order valence-electron chi connectivity index (χ3n) is 6.36. The van der Waals surface area contributed by atoms with Crippen LogP contribution in [0.15, 0.2) is 12.2 Å². The van der Waals surface area contributed by atoms with E-state index >= 15 is 0 Å². The number of carbonyl (C=O) groups is 1. The Morgan fingerprint density at radius 2 is 1.27 bits per heavy atom. The Balaban J connectivity index is 3.30. The Morgan fingerprint density at radius 3 is 1.80 bits per heavy atom. The van der Waals surface area contributed by atoms with Crippen LogP contribution in [0.1, 0.15) is 110 Å². The lowest BCUT2D eigenvalue weighted by Gasteiger charge is -2.33. The molecule has 0 saturated heterocycles. The Labute approximate surface area is 188 Å². The second-order valence-electron chi connectivity index (χ2n) is 9.56. The number of hydrogen-bond acceptors (Lipinski definition) is 2. The predicted octanol–water partition coefficient (Wildman–Crippen LogP) is 6.55. The van der Waals surface area contributed by atoms with Crippen molar-refractivity contribution >= 4 is 5.97 Å². The lowest BCUT2D eigenvalue weighted by Crippen LogP contribution is -2.52. The van der Waals surface area contributed by atoms with E-state index in [4.69, 9.17) is 5.11 Å². The summed E-state index contributed by atoms with van der Waals surface area (Å²) in [7, 11) is 4.01. The molecule has 0 aromatic rings. The standard InChI is InChI=1S/C26H52N2O2/c1-5-6-7-8-9-10-11-12-13-14-15-16-17-18-19-20-22-27-23-21-24-28(3,4)25(2)26(29)30/h12-13,25,27H,5-11,14-24H2,1-4H3/p+1/b13-12-. The highest BCUT2D eigenvalue weighted by molar-refractivity contribution is 5.71. The number of nitrogens with one attached hydrogen (secondary N) is 1. The van der Waals surface area contributed by atoms with Crippen LogP contribution in [0.25, 0.3) is 0 Å². The first kappa shape index (κ1) is 29.1. The minimum Gasteiger partial charge on any atom is -0.477 e. The Hall–Kier alpha value is -0.870. The molecule has 0 spiro atoms. The van der Waals surface area contributed by atoms with Crippen LogP contribution in [0.3, 0.4) is 0 Å². The molecule has 0 saturated carbocycles. The summed E-state index contributed by atoms with van der Waals surface area (Å²) in [6.45, 7) is 7.04. The molecule has 0 rings (SSSR count). The van der Waals surface area contributed by atoms with Crippen LogP contribution in [0.4, 0.5) is 0 Å². The van der Waals surface area contributed by atoms with Crippen molar-refractivity contribution in [3.05, 3.63) is 12.2 Å². The molecule has 0 radical (unpaired) electrons. The summed E-state index contributed by atoms with van der Waals surface area (Å²) in [4.78, 5) is 11.1. The molecule has 0 aliphatic rings. The van der Waals surface area contributed by atoms with Crippen LogP contribution in [0.5, 0.6) is 0 Å². The summed E-state index contributed by atoms with van der Waals surface area (Å²) < 4.78 is 0.547. The van der Waals surface area contributed by atoms with Crippen molar-refractivity contribution in [2.75, 3.05) is 33.7 Å². The van der Waals surface area contributed by atoms with Crippen LogP contribution in [-0.4, -0.2) is 55.3 Å². The molecule has 0 aromatic heterocycles. The number of carboxylic acids is 1. The number of likely N-dealkylation sites (N-methyl/N-ethyl adjacent to an activating group) is 1. The molecule has 0 amide bonds. The fourth-order valence-corrected chi connectivity index (χ4v) is 3.73. The van der Waals surface area contributed by atoms with Crippen LogP contribution in [0, 0.1) is 0 Å². The molecule has 0 heterocycles. The van der Waals surface area contributed by atoms with Gasteiger partial charge in [-0.15, -0.1) is 0 Å². The van der Waals surface area contributed by atoms with Crippen molar-refractivity contribution in [1.29, 1.82) is 0 Å². The van der Waals surface area contributed by atoms with E-state index in [9.17, 15) is 4.79 Å². The zero-order valence-corrected chi connectivity index (χ0v) is 20.8. The van der Waals surface area contributed by atoms with Gasteiger partial charge < -0.3 is 14.9 Å². The maximum Gasteiger partial charge on any atom is 0.362 e. The van der Waals surface area contributed by atoms with E-state index in [-0.39, 0.29) is 6.04 Å². The maximum absolute atomic E-state index is 11.1. The Morgan fingerprint density at radius 1 is 0.800 bits per heavy atom.